The molecule has 0 amide bonds. The van der Waals surface area contributed by atoms with E-state index in [1.165, 1.54) is 0 Å². The standard InChI is InChI=1S/C12H19ClN2O2/c1-12(2,3)11-14-9(13)8-10(15-11)17-7-5-6-16-4/h8H,5-7H2,1-4H3. The fraction of sp³-hybridized carbons (Fsp3) is 0.667. The second kappa shape index (κ2) is 6.17. The minimum Gasteiger partial charge on any atom is -0.477 e. The van der Waals surface area contributed by atoms with Gasteiger partial charge in [-0.1, -0.05) is 32.4 Å². The maximum atomic E-state index is 5.94. The van der Waals surface area contributed by atoms with Gasteiger partial charge in [-0.15, -0.1) is 0 Å². The number of rotatable bonds is 5. The topological polar surface area (TPSA) is 44.2 Å². The highest BCUT2D eigenvalue weighted by Crippen LogP contribution is 2.23. The SMILES string of the molecule is COCCCOc1cc(Cl)nc(C(C)(C)C)n1. The maximum absolute atomic E-state index is 5.94. The van der Waals surface area contributed by atoms with Crippen LogP contribution in [0.25, 0.3) is 0 Å². The van der Waals surface area contributed by atoms with Crippen LogP contribution in [-0.2, 0) is 10.2 Å². The first-order chi connectivity index (χ1) is 7.93. The van der Waals surface area contributed by atoms with Gasteiger partial charge in [0.1, 0.15) is 11.0 Å². The Morgan fingerprint density at radius 1 is 1.24 bits per heavy atom. The molecule has 17 heavy (non-hydrogen) atoms. The van der Waals surface area contributed by atoms with E-state index in [1.54, 1.807) is 13.2 Å². The van der Waals surface area contributed by atoms with Crippen molar-refractivity contribution >= 4 is 11.6 Å². The van der Waals surface area contributed by atoms with Crippen LogP contribution in [0.3, 0.4) is 0 Å². The molecule has 96 valence electrons. The molecule has 0 aromatic carbocycles. The van der Waals surface area contributed by atoms with E-state index in [9.17, 15) is 0 Å². The molecule has 0 saturated carbocycles. The molecule has 0 fully saturated rings. The van der Waals surface area contributed by atoms with Crippen LogP contribution in [0, 0.1) is 0 Å². The lowest BCUT2D eigenvalue weighted by atomic mass is 9.96. The lowest BCUT2D eigenvalue weighted by Gasteiger charge is -2.17. The van der Waals surface area contributed by atoms with E-state index in [2.05, 4.69) is 9.97 Å². The zero-order valence-electron chi connectivity index (χ0n) is 10.8. The highest BCUT2D eigenvalue weighted by atomic mass is 35.5. The summed E-state index contributed by atoms with van der Waals surface area (Å²) in [4.78, 5) is 8.54. The first-order valence-corrected chi connectivity index (χ1v) is 5.98. The van der Waals surface area contributed by atoms with Crippen molar-refractivity contribution in [1.29, 1.82) is 0 Å². The summed E-state index contributed by atoms with van der Waals surface area (Å²) >= 11 is 5.94. The quantitative estimate of drug-likeness (QED) is 0.602. The predicted octanol–water partition coefficient (Wildman–Crippen LogP) is 2.84. The fourth-order valence-electron chi connectivity index (χ4n) is 1.19. The molecule has 0 saturated heterocycles. The molecule has 1 aromatic rings. The molecule has 5 heteroatoms. The van der Waals surface area contributed by atoms with Crippen LogP contribution in [0.2, 0.25) is 5.15 Å². The Balaban J connectivity index is 2.69. The number of hydrogen-bond acceptors (Lipinski definition) is 4. The van der Waals surface area contributed by atoms with Gasteiger partial charge in [-0.05, 0) is 0 Å². The smallest absolute Gasteiger partial charge is 0.218 e. The minimum absolute atomic E-state index is 0.143. The van der Waals surface area contributed by atoms with Gasteiger partial charge < -0.3 is 9.47 Å². The average molecular weight is 259 g/mol. The third kappa shape index (κ3) is 4.88. The van der Waals surface area contributed by atoms with Gasteiger partial charge in [0.05, 0.1) is 6.61 Å². The number of halogens is 1. The number of hydrogen-bond donors (Lipinski definition) is 0. The van der Waals surface area contributed by atoms with Gasteiger partial charge in [-0.2, -0.15) is 4.98 Å². The van der Waals surface area contributed by atoms with Gasteiger partial charge >= 0.3 is 0 Å². The largest absolute Gasteiger partial charge is 0.477 e. The van der Waals surface area contributed by atoms with Crippen LogP contribution < -0.4 is 4.74 Å². The van der Waals surface area contributed by atoms with E-state index in [0.717, 1.165) is 6.42 Å². The summed E-state index contributed by atoms with van der Waals surface area (Å²) in [6, 6.07) is 1.63. The van der Waals surface area contributed by atoms with Gasteiger partial charge in [-0.3, -0.25) is 0 Å². The summed E-state index contributed by atoms with van der Waals surface area (Å²) in [5.41, 5.74) is -0.143. The van der Waals surface area contributed by atoms with Crippen LogP contribution in [-0.4, -0.2) is 30.3 Å². The molecule has 0 aliphatic heterocycles. The van der Waals surface area contributed by atoms with Gasteiger partial charge in [-0.25, -0.2) is 4.98 Å². The summed E-state index contributed by atoms with van der Waals surface area (Å²) in [7, 11) is 1.67. The Hall–Kier alpha value is -0.870. The fourth-order valence-corrected chi connectivity index (χ4v) is 1.36. The molecular weight excluding hydrogens is 240 g/mol. The van der Waals surface area contributed by atoms with Crippen molar-refractivity contribution in [1.82, 2.24) is 9.97 Å². The first kappa shape index (κ1) is 14.2. The van der Waals surface area contributed by atoms with Crippen molar-refractivity contribution in [2.45, 2.75) is 32.6 Å². The highest BCUT2D eigenvalue weighted by Gasteiger charge is 2.19. The number of nitrogens with zero attached hydrogens (tertiary/aromatic N) is 2. The molecular formula is C12H19ClN2O2. The Morgan fingerprint density at radius 3 is 2.53 bits per heavy atom. The summed E-state index contributed by atoms with van der Waals surface area (Å²) in [6.45, 7) is 7.34. The van der Waals surface area contributed by atoms with E-state index in [4.69, 9.17) is 21.1 Å². The van der Waals surface area contributed by atoms with Crippen molar-refractivity contribution in [2.75, 3.05) is 20.3 Å². The van der Waals surface area contributed by atoms with E-state index in [0.29, 0.717) is 30.1 Å². The van der Waals surface area contributed by atoms with Crippen molar-refractivity contribution < 1.29 is 9.47 Å². The van der Waals surface area contributed by atoms with E-state index in [1.807, 2.05) is 20.8 Å². The van der Waals surface area contributed by atoms with Gasteiger partial charge in [0, 0.05) is 31.6 Å². The van der Waals surface area contributed by atoms with Crippen molar-refractivity contribution in [3.8, 4) is 5.88 Å². The molecule has 0 aliphatic carbocycles. The minimum atomic E-state index is -0.143. The Labute approximate surface area is 107 Å². The lowest BCUT2D eigenvalue weighted by Crippen LogP contribution is -2.17. The van der Waals surface area contributed by atoms with Crippen molar-refractivity contribution in [3.63, 3.8) is 0 Å². The zero-order valence-corrected chi connectivity index (χ0v) is 11.5. The van der Waals surface area contributed by atoms with E-state index >= 15 is 0 Å². The van der Waals surface area contributed by atoms with Crippen LogP contribution >= 0.6 is 11.6 Å². The van der Waals surface area contributed by atoms with Gasteiger partial charge in [0.15, 0.2) is 0 Å². The van der Waals surface area contributed by atoms with Gasteiger partial charge in [0.25, 0.3) is 0 Å². The maximum Gasteiger partial charge on any atom is 0.218 e. The second-order valence-corrected chi connectivity index (χ2v) is 5.18. The molecule has 0 spiro atoms. The zero-order chi connectivity index (χ0) is 12.9. The summed E-state index contributed by atoms with van der Waals surface area (Å²) in [5.74, 6) is 1.21. The molecule has 0 unspecified atom stereocenters. The normalized spacial score (nSPS) is 11.6. The molecule has 1 rings (SSSR count). The number of ether oxygens (including phenoxy) is 2. The summed E-state index contributed by atoms with van der Waals surface area (Å²) in [6.07, 6.45) is 0.822. The first-order valence-electron chi connectivity index (χ1n) is 5.60. The Kier molecular flexibility index (Phi) is 5.15. The molecule has 1 aromatic heterocycles. The number of methoxy groups -OCH3 is 1. The molecule has 0 atom stereocenters. The van der Waals surface area contributed by atoms with E-state index in [-0.39, 0.29) is 5.41 Å². The van der Waals surface area contributed by atoms with Gasteiger partial charge in [0.2, 0.25) is 5.88 Å². The van der Waals surface area contributed by atoms with Crippen LogP contribution in [0.1, 0.15) is 33.0 Å². The van der Waals surface area contributed by atoms with Crippen molar-refractivity contribution in [2.24, 2.45) is 0 Å². The van der Waals surface area contributed by atoms with Crippen LogP contribution in [0.15, 0.2) is 6.07 Å². The number of aromatic nitrogens is 2. The van der Waals surface area contributed by atoms with Crippen LogP contribution in [0.5, 0.6) is 5.88 Å². The lowest BCUT2D eigenvalue weighted by molar-refractivity contribution is 0.170. The van der Waals surface area contributed by atoms with Crippen molar-refractivity contribution in [3.05, 3.63) is 17.0 Å². The predicted molar refractivity (Wildman–Crippen MR) is 67.7 cm³/mol. The Morgan fingerprint density at radius 2 is 1.94 bits per heavy atom. The summed E-state index contributed by atoms with van der Waals surface area (Å²) in [5, 5.41) is 0.409. The molecule has 0 bridgehead atoms. The molecule has 0 aliphatic rings. The Bertz CT molecular complexity index is 364. The second-order valence-electron chi connectivity index (χ2n) is 4.80. The third-order valence-corrected chi connectivity index (χ3v) is 2.28. The monoisotopic (exact) mass is 258 g/mol. The van der Waals surface area contributed by atoms with Crippen LogP contribution in [0.4, 0.5) is 0 Å². The molecule has 0 N–H and O–H groups in total. The highest BCUT2D eigenvalue weighted by molar-refractivity contribution is 6.29. The molecule has 1 heterocycles. The average Bonchev–Trinajstić information content (AvgIpc) is 2.22. The molecule has 4 nitrogen and oxygen atoms in total. The van der Waals surface area contributed by atoms with E-state index < -0.39 is 0 Å². The molecule has 0 radical (unpaired) electrons. The summed E-state index contributed by atoms with van der Waals surface area (Å²) < 4.78 is 10.5. The third-order valence-electron chi connectivity index (χ3n) is 2.08.